The van der Waals surface area contributed by atoms with E-state index in [-0.39, 0.29) is 11.4 Å². The zero-order chi connectivity index (χ0) is 26.1. The summed E-state index contributed by atoms with van der Waals surface area (Å²) in [6.45, 7) is 1.02. The highest BCUT2D eigenvalue weighted by Crippen LogP contribution is 2.33. The molecule has 4 rings (SSSR count). The number of nitrogens with zero attached hydrogens (tertiary/aromatic N) is 2. The second-order valence-corrected chi connectivity index (χ2v) is 11.0. The second kappa shape index (κ2) is 10.8. The molecule has 0 aliphatic carbocycles. The molecule has 2 aliphatic heterocycles. The Kier molecular flexibility index (Phi) is 8.15. The zero-order valence-electron chi connectivity index (χ0n) is 19.1. The van der Waals surface area contributed by atoms with Gasteiger partial charge in [-0.15, -0.1) is 0 Å². The fraction of sp³-hybridized carbons (Fsp3) is 0.478. The molecule has 13 heteroatoms. The van der Waals surface area contributed by atoms with Gasteiger partial charge < -0.3 is 19.8 Å². The first-order valence-corrected chi connectivity index (χ1v) is 13.2. The molecule has 198 valence electrons. The lowest BCUT2D eigenvalue weighted by molar-refractivity contribution is -0.137. The number of sulfonamides is 1. The molecule has 2 fully saturated rings. The van der Waals surface area contributed by atoms with E-state index in [1.165, 1.54) is 30.3 Å². The number of nitrogens with one attached hydrogen (secondary N) is 1. The van der Waals surface area contributed by atoms with Gasteiger partial charge in [-0.05, 0) is 42.5 Å². The summed E-state index contributed by atoms with van der Waals surface area (Å²) in [5, 5.41) is 20.8. The maximum atomic E-state index is 13.1. The number of anilines is 1. The van der Waals surface area contributed by atoms with E-state index in [0.717, 1.165) is 12.1 Å². The van der Waals surface area contributed by atoms with Crippen molar-refractivity contribution >= 4 is 27.3 Å². The van der Waals surface area contributed by atoms with Gasteiger partial charge in [0.2, 0.25) is 10.0 Å². The van der Waals surface area contributed by atoms with Crippen LogP contribution in [0.1, 0.15) is 5.56 Å². The minimum absolute atomic E-state index is 0.0235. The van der Waals surface area contributed by atoms with Crippen LogP contribution in [0.4, 0.5) is 18.9 Å². The maximum Gasteiger partial charge on any atom is 0.416 e. The highest BCUT2D eigenvalue weighted by molar-refractivity contribution is 7.89. The van der Waals surface area contributed by atoms with Crippen molar-refractivity contribution in [1.82, 2.24) is 9.62 Å². The largest absolute Gasteiger partial charge is 0.416 e. The van der Waals surface area contributed by atoms with Gasteiger partial charge >= 0.3 is 6.18 Å². The molecule has 0 bridgehead atoms. The molecule has 2 heterocycles. The molecule has 2 aliphatic rings. The first-order chi connectivity index (χ1) is 17.0. The molecular weight excluding hydrogens is 523 g/mol. The summed E-state index contributed by atoms with van der Waals surface area (Å²) in [6.07, 6.45) is -7.14. The van der Waals surface area contributed by atoms with Gasteiger partial charge in [0, 0.05) is 43.4 Å². The van der Waals surface area contributed by atoms with Gasteiger partial charge in [0.1, 0.15) is 12.2 Å². The Labute approximate surface area is 212 Å². The molecule has 0 aromatic heterocycles. The predicted octanol–water partition coefficient (Wildman–Crippen LogP) is 1.95. The Hall–Kier alpha value is -1.93. The van der Waals surface area contributed by atoms with Crippen LogP contribution in [0.15, 0.2) is 53.4 Å². The van der Waals surface area contributed by atoms with Crippen LogP contribution < -0.4 is 9.62 Å². The summed E-state index contributed by atoms with van der Waals surface area (Å²) in [6, 6.07) is 10.2. The van der Waals surface area contributed by atoms with Crippen molar-refractivity contribution in [3.8, 4) is 0 Å². The summed E-state index contributed by atoms with van der Waals surface area (Å²) >= 11 is 5.83. The van der Waals surface area contributed by atoms with Crippen molar-refractivity contribution in [2.24, 2.45) is 0 Å². The van der Waals surface area contributed by atoms with Crippen LogP contribution in [0, 0.1) is 0 Å². The Balaban J connectivity index is 1.43. The lowest BCUT2D eigenvalue weighted by Crippen LogP contribution is -2.57. The topological polar surface area (TPSA) is 102 Å². The van der Waals surface area contributed by atoms with Crippen LogP contribution in [-0.2, 0) is 20.9 Å². The molecule has 36 heavy (non-hydrogen) atoms. The number of benzene rings is 2. The van der Waals surface area contributed by atoms with E-state index in [0.29, 0.717) is 36.9 Å². The summed E-state index contributed by atoms with van der Waals surface area (Å²) in [7, 11) is -3.87. The molecule has 3 N–H and O–H groups in total. The lowest BCUT2D eigenvalue weighted by Gasteiger charge is -2.41. The van der Waals surface area contributed by atoms with Gasteiger partial charge in [-0.1, -0.05) is 17.7 Å². The quantitative estimate of drug-likeness (QED) is 0.485. The maximum absolute atomic E-state index is 13.1. The SMILES string of the molecule is O=S(=O)(NCC1OC(CO)C(O)C1N1CCN(c2cccc(C(F)(F)F)c2)CC1)c1ccc(Cl)cc1. The number of aliphatic hydroxyl groups excluding tert-OH is 2. The highest BCUT2D eigenvalue weighted by atomic mass is 35.5. The molecular formula is C23H27ClF3N3O5S. The van der Waals surface area contributed by atoms with E-state index in [1.807, 2.05) is 9.80 Å². The van der Waals surface area contributed by atoms with E-state index in [4.69, 9.17) is 16.3 Å². The normalized spacial score (nSPS) is 25.9. The van der Waals surface area contributed by atoms with Crippen LogP contribution in [0.2, 0.25) is 5.02 Å². The summed E-state index contributed by atoms with van der Waals surface area (Å²) in [5.41, 5.74) is -0.269. The van der Waals surface area contributed by atoms with Crippen LogP contribution in [0.3, 0.4) is 0 Å². The minimum Gasteiger partial charge on any atom is -0.394 e. The number of ether oxygens (including phenoxy) is 1. The van der Waals surface area contributed by atoms with Crippen LogP contribution in [0.25, 0.3) is 0 Å². The number of halogens is 4. The molecule has 4 atom stereocenters. The molecule has 0 radical (unpaired) electrons. The van der Waals surface area contributed by atoms with Crippen molar-refractivity contribution < 1.29 is 36.5 Å². The molecule has 0 spiro atoms. The minimum atomic E-state index is -4.44. The molecule has 8 nitrogen and oxygen atoms in total. The van der Waals surface area contributed by atoms with Gasteiger partial charge in [0.05, 0.1) is 29.2 Å². The molecule has 2 saturated heterocycles. The fourth-order valence-electron chi connectivity index (χ4n) is 4.64. The third kappa shape index (κ3) is 5.96. The number of piperazine rings is 1. The third-order valence-corrected chi connectivity index (χ3v) is 8.21. The first-order valence-electron chi connectivity index (χ1n) is 11.4. The summed E-state index contributed by atoms with van der Waals surface area (Å²) in [5.74, 6) is 0. The van der Waals surface area contributed by atoms with E-state index in [2.05, 4.69) is 4.72 Å². The highest BCUT2D eigenvalue weighted by Gasteiger charge is 2.47. The number of hydrogen-bond acceptors (Lipinski definition) is 7. The van der Waals surface area contributed by atoms with Gasteiger partial charge in [0.15, 0.2) is 0 Å². The molecule has 0 amide bonds. The van der Waals surface area contributed by atoms with E-state index < -0.39 is 52.7 Å². The number of hydrogen-bond donors (Lipinski definition) is 3. The Morgan fingerprint density at radius 1 is 1.06 bits per heavy atom. The van der Waals surface area contributed by atoms with Crippen molar-refractivity contribution in [2.75, 3.05) is 44.2 Å². The Morgan fingerprint density at radius 2 is 1.72 bits per heavy atom. The number of aliphatic hydroxyl groups is 2. The Morgan fingerprint density at radius 3 is 2.33 bits per heavy atom. The monoisotopic (exact) mass is 549 g/mol. The van der Waals surface area contributed by atoms with Crippen molar-refractivity contribution in [3.05, 3.63) is 59.1 Å². The molecule has 4 unspecified atom stereocenters. The molecule has 0 saturated carbocycles. The van der Waals surface area contributed by atoms with E-state index in [9.17, 15) is 31.8 Å². The smallest absolute Gasteiger partial charge is 0.394 e. The van der Waals surface area contributed by atoms with E-state index in [1.54, 1.807) is 6.07 Å². The summed E-state index contributed by atoms with van der Waals surface area (Å²) < 4.78 is 72.9. The Bertz CT molecular complexity index is 1140. The fourth-order valence-corrected chi connectivity index (χ4v) is 5.81. The third-order valence-electron chi connectivity index (χ3n) is 6.51. The van der Waals surface area contributed by atoms with Gasteiger partial charge in [-0.2, -0.15) is 13.2 Å². The molecule has 2 aromatic rings. The van der Waals surface area contributed by atoms with E-state index >= 15 is 0 Å². The average Bonchev–Trinajstić information content (AvgIpc) is 3.18. The average molecular weight is 550 g/mol. The predicted molar refractivity (Wildman–Crippen MR) is 127 cm³/mol. The van der Waals surface area contributed by atoms with Crippen LogP contribution >= 0.6 is 11.6 Å². The lowest BCUT2D eigenvalue weighted by atomic mass is 10.0. The first kappa shape index (κ1) is 27.1. The standard InChI is InChI=1S/C23H27ClF3N3O5S/c24-16-4-6-18(7-5-16)36(33,34)28-13-19-21(22(32)20(14-31)35-19)30-10-8-29(9-11-30)17-3-1-2-15(12-17)23(25,26)27/h1-7,12,19-22,28,31-32H,8-11,13-14H2. The van der Waals surface area contributed by atoms with Gasteiger partial charge in [-0.3, -0.25) is 4.90 Å². The zero-order valence-corrected chi connectivity index (χ0v) is 20.7. The number of rotatable bonds is 7. The summed E-state index contributed by atoms with van der Waals surface area (Å²) in [4.78, 5) is 3.77. The van der Waals surface area contributed by atoms with Gasteiger partial charge in [0.25, 0.3) is 0 Å². The second-order valence-electron chi connectivity index (χ2n) is 8.75. The van der Waals surface area contributed by atoms with Crippen LogP contribution in [-0.4, -0.2) is 87.2 Å². The van der Waals surface area contributed by atoms with Crippen molar-refractivity contribution in [1.29, 1.82) is 0 Å². The number of alkyl halides is 3. The molecule has 2 aromatic carbocycles. The van der Waals surface area contributed by atoms with Crippen LogP contribution in [0.5, 0.6) is 0 Å². The van der Waals surface area contributed by atoms with Crippen molar-refractivity contribution in [3.63, 3.8) is 0 Å². The van der Waals surface area contributed by atoms with Crippen molar-refractivity contribution in [2.45, 2.75) is 35.4 Å². The van der Waals surface area contributed by atoms with Gasteiger partial charge in [-0.25, -0.2) is 13.1 Å².